The van der Waals surface area contributed by atoms with Crippen LogP contribution < -0.4 is 10.6 Å². The van der Waals surface area contributed by atoms with Crippen LogP contribution in [0.4, 0.5) is 5.00 Å². The van der Waals surface area contributed by atoms with Gasteiger partial charge in [0, 0.05) is 12.0 Å². The van der Waals surface area contributed by atoms with Crippen molar-refractivity contribution in [2.24, 2.45) is 5.92 Å². The van der Waals surface area contributed by atoms with Crippen LogP contribution in [0.5, 0.6) is 0 Å². The molecular weight excluding hydrogens is 316 g/mol. The lowest BCUT2D eigenvalue weighted by molar-refractivity contribution is -0.117. The molecule has 1 saturated carbocycles. The molecule has 0 radical (unpaired) electrons. The minimum Gasteiger partial charge on any atom is -0.462 e. The maximum absolute atomic E-state index is 12.3. The standard InChI is InChI=1S/C16H22N2O4S/c1-5-22-16(21)11-9(4)12(14(20)17-8(2)3)23-15(11)18-13(19)10-6-7-10/h8,10H,5-7H2,1-4H3,(H,17,20)(H,18,19). The maximum Gasteiger partial charge on any atom is 0.341 e. The first-order valence-corrected chi connectivity index (χ1v) is 8.59. The highest BCUT2D eigenvalue weighted by Crippen LogP contribution is 2.36. The van der Waals surface area contributed by atoms with Gasteiger partial charge in [0.2, 0.25) is 5.91 Å². The van der Waals surface area contributed by atoms with Crippen LogP contribution in [0, 0.1) is 12.8 Å². The fourth-order valence-electron chi connectivity index (χ4n) is 2.15. The summed E-state index contributed by atoms with van der Waals surface area (Å²) in [5.41, 5.74) is 0.817. The van der Waals surface area contributed by atoms with Crippen molar-refractivity contribution in [3.05, 3.63) is 16.0 Å². The molecule has 0 bridgehead atoms. The van der Waals surface area contributed by atoms with Gasteiger partial charge < -0.3 is 15.4 Å². The smallest absolute Gasteiger partial charge is 0.341 e. The number of ether oxygens (including phenoxy) is 1. The number of carbonyl (C=O) groups is 3. The molecule has 1 heterocycles. The number of hydrogen-bond acceptors (Lipinski definition) is 5. The topological polar surface area (TPSA) is 84.5 Å². The van der Waals surface area contributed by atoms with Crippen molar-refractivity contribution < 1.29 is 19.1 Å². The van der Waals surface area contributed by atoms with Gasteiger partial charge in [0.15, 0.2) is 0 Å². The minimum atomic E-state index is -0.518. The molecule has 1 aromatic rings. The number of hydrogen-bond donors (Lipinski definition) is 2. The molecule has 2 N–H and O–H groups in total. The van der Waals surface area contributed by atoms with E-state index in [1.165, 1.54) is 0 Å². The van der Waals surface area contributed by atoms with Crippen LogP contribution in [0.15, 0.2) is 0 Å². The number of thiophene rings is 1. The highest BCUT2D eigenvalue weighted by atomic mass is 32.1. The average molecular weight is 338 g/mol. The monoisotopic (exact) mass is 338 g/mol. The summed E-state index contributed by atoms with van der Waals surface area (Å²) in [6.07, 6.45) is 1.73. The zero-order chi connectivity index (χ0) is 17.1. The molecule has 1 fully saturated rings. The van der Waals surface area contributed by atoms with E-state index >= 15 is 0 Å². The number of rotatable bonds is 6. The van der Waals surface area contributed by atoms with Gasteiger partial charge in [0.25, 0.3) is 5.91 Å². The normalized spacial score (nSPS) is 13.8. The highest BCUT2D eigenvalue weighted by Gasteiger charge is 2.32. The average Bonchev–Trinajstić information content (AvgIpc) is 3.23. The van der Waals surface area contributed by atoms with Crippen molar-refractivity contribution in [2.45, 2.75) is 46.6 Å². The van der Waals surface area contributed by atoms with E-state index in [2.05, 4.69) is 10.6 Å². The largest absolute Gasteiger partial charge is 0.462 e. The Morgan fingerprint density at radius 2 is 1.96 bits per heavy atom. The lowest BCUT2D eigenvalue weighted by atomic mass is 10.1. The van der Waals surface area contributed by atoms with Gasteiger partial charge in [0.1, 0.15) is 5.00 Å². The number of amides is 2. The fraction of sp³-hybridized carbons (Fsp3) is 0.562. The molecule has 126 valence electrons. The summed E-state index contributed by atoms with van der Waals surface area (Å²) in [4.78, 5) is 36.9. The van der Waals surface area contributed by atoms with Crippen molar-refractivity contribution in [3.8, 4) is 0 Å². The van der Waals surface area contributed by atoms with E-state index in [0.717, 1.165) is 24.2 Å². The first-order chi connectivity index (χ1) is 10.8. The predicted molar refractivity (Wildman–Crippen MR) is 89.0 cm³/mol. The number of esters is 1. The molecule has 1 aromatic heterocycles. The summed E-state index contributed by atoms with van der Waals surface area (Å²) >= 11 is 1.12. The van der Waals surface area contributed by atoms with E-state index in [9.17, 15) is 14.4 Å². The second-order valence-electron chi connectivity index (χ2n) is 5.87. The van der Waals surface area contributed by atoms with Gasteiger partial charge in [-0.2, -0.15) is 0 Å². The van der Waals surface area contributed by atoms with Gasteiger partial charge >= 0.3 is 5.97 Å². The molecule has 0 aromatic carbocycles. The molecule has 0 atom stereocenters. The van der Waals surface area contributed by atoms with E-state index in [0.29, 0.717) is 15.4 Å². The van der Waals surface area contributed by atoms with Crippen LogP contribution in [0.3, 0.4) is 0 Å². The Morgan fingerprint density at radius 3 is 2.48 bits per heavy atom. The molecule has 7 heteroatoms. The lowest BCUT2D eigenvalue weighted by Crippen LogP contribution is -2.29. The van der Waals surface area contributed by atoms with Crippen molar-refractivity contribution in [3.63, 3.8) is 0 Å². The van der Waals surface area contributed by atoms with Gasteiger partial charge in [-0.15, -0.1) is 11.3 Å². The number of anilines is 1. The third kappa shape index (κ3) is 4.10. The van der Waals surface area contributed by atoms with Crippen LogP contribution in [-0.4, -0.2) is 30.4 Å². The van der Waals surface area contributed by atoms with Crippen LogP contribution in [-0.2, 0) is 9.53 Å². The molecule has 1 aliphatic carbocycles. The Kier molecular flexibility index (Phi) is 5.41. The lowest BCUT2D eigenvalue weighted by Gasteiger charge is -2.07. The van der Waals surface area contributed by atoms with Crippen LogP contribution >= 0.6 is 11.3 Å². The predicted octanol–water partition coefficient (Wildman–Crippen LogP) is 2.72. The Bertz CT molecular complexity index is 632. The molecule has 2 amide bonds. The summed E-state index contributed by atoms with van der Waals surface area (Å²) < 4.78 is 5.07. The van der Waals surface area contributed by atoms with Crippen LogP contribution in [0.2, 0.25) is 0 Å². The van der Waals surface area contributed by atoms with Crippen molar-refractivity contribution in [1.29, 1.82) is 0 Å². The van der Waals surface area contributed by atoms with Gasteiger partial charge in [-0.3, -0.25) is 9.59 Å². The van der Waals surface area contributed by atoms with E-state index < -0.39 is 5.97 Å². The maximum atomic E-state index is 12.3. The van der Waals surface area contributed by atoms with Crippen LogP contribution in [0.25, 0.3) is 0 Å². The van der Waals surface area contributed by atoms with Gasteiger partial charge in [-0.1, -0.05) is 0 Å². The Hall–Kier alpha value is -1.89. The molecule has 0 aliphatic heterocycles. The van der Waals surface area contributed by atoms with Crippen molar-refractivity contribution in [1.82, 2.24) is 5.32 Å². The third-order valence-electron chi connectivity index (χ3n) is 3.44. The number of nitrogens with one attached hydrogen (secondary N) is 2. The van der Waals surface area contributed by atoms with E-state index in [4.69, 9.17) is 4.74 Å². The van der Waals surface area contributed by atoms with Gasteiger partial charge in [-0.25, -0.2) is 4.79 Å². The molecule has 1 aliphatic rings. The van der Waals surface area contributed by atoms with Crippen molar-refractivity contribution in [2.75, 3.05) is 11.9 Å². The summed E-state index contributed by atoms with van der Waals surface area (Å²) in [5.74, 6) is -0.857. The first-order valence-electron chi connectivity index (χ1n) is 7.77. The summed E-state index contributed by atoms with van der Waals surface area (Å²) in [7, 11) is 0. The molecule has 23 heavy (non-hydrogen) atoms. The number of carbonyl (C=O) groups excluding carboxylic acids is 3. The van der Waals surface area contributed by atoms with E-state index in [1.807, 2.05) is 13.8 Å². The quantitative estimate of drug-likeness (QED) is 0.781. The SMILES string of the molecule is CCOC(=O)c1c(NC(=O)C2CC2)sc(C(=O)NC(C)C)c1C. The highest BCUT2D eigenvalue weighted by molar-refractivity contribution is 7.18. The fourth-order valence-corrected chi connectivity index (χ4v) is 3.26. The van der Waals surface area contributed by atoms with Gasteiger partial charge in [-0.05, 0) is 46.1 Å². The molecule has 0 spiro atoms. The zero-order valence-electron chi connectivity index (χ0n) is 13.8. The molecule has 0 saturated heterocycles. The summed E-state index contributed by atoms with van der Waals surface area (Å²) in [6, 6.07) is -0.0143. The van der Waals surface area contributed by atoms with Crippen LogP contribution in [0.1, 0.15) is 59.2 Å². The second kappa shape index (κ2) is 7.12. The molecule has 6 nitrogen and oxygen atoms in total. The Balaban J connectivity index is 2.35. The third-order valence-corrected chi connectivity index (χ3v) is 4.64. The van der Waals surface area contributed by atoms with Crippen molar-refractivity contribution >= 4 is 34.1 Å². The molecule has 2 rings (SSSR count). The minimum absolute atomic E-state index is 0.0143. The first kappa shape index (κ1) is 17.5. The van der Waals surface area contributed by atoms with E-state index in [-0.39, 0.29) is 35.9 Å². The molecular formula is C16H22N2O4S. The second-order valence-corrected chi connectivity index (χ2v) is 6.89. The van der Waals surface area contributed by atoms with Gasteiger partial charge in [0.05, 0.1) is 17.0 Å². The Morgan fingerprint density at radius 1 is 1.30 bits per heavy atom. The Labute approximate surface area is 139 Å². The van der Waals surface area contributed by atoms with E-state index in [1.54, 1.807) is 13.8 Å². The molecule has 0 unspecified atom stereocenters. The summed E-state index contributed by atoms with van der Waals surface area (Å²) in [6.45, 7) is 7.38. The zero-order valence-corrected chi connectivity index (χ0v) is 14.6. The summed E-state index contributed by atoms with van der Waals surface area (Å²) in [5, 5.41) is 5.98.